The normalized spacial score (nSPS) is 10.3. The van der Waals surface area contributed by atoms with E-state index in [1.165, 1.54) is 6.07 Å². The predicted molar refractivity (Wildman–Crippen MR) is 51.6 cm³/mol. The van der Waals surface area contributed by atoms with Crippen LogP contribution in [0.1, 0.15) is 11.1 Å². The fourth-order valence-corrected chi connectivity index (χ4v) is 1.43. The summed E-state index contributed by atoms with van der Waals surface area (Å²) in [5.41, 5.74) is 6.92. The van der Waals surface area contributed by atoms with Crippen LogP contribution in [0, 0.1) is 12.7 Å². The van der Waals surface area contributed by atoms with Crippen molar-refractivity contribution in [2.24, 2.45) is 5.73 Å². The Morgan fingerprint density at radius 2 is 2.17 bits per heavy atom. The molecule has 0 saturated heterocycles. The van der Waals surface area contributed by atoms with Gasteiger partial charge in [0.2, 0.25) is 0 Å². The van der Waals surface area contributed by atoms with E-state index in [1.807, 2.05) is 6.92 Å². The van der Waals surface area contributed by atoms with Crippen molar-refractivity contribution in [2.45, 2.75) is 13.3 Å². The molecule has 0 unspecified atom stereocenters. The van der Waals surface area contributed by atoms with Crippen LogP contribution < -0.4 is 5.73 Å². The van der Waals surface area contributed by atoms with Gasteiger partial charge in [-0.2, -0.15) is 0 Å². The van der Waals surface area contributed by atoms with Gasteiger partial charge in [-0.1, -0.05) is 15.9 Å². The van der Waals surface area contributed by atoms with Crippen LogP contribution >= 0.6 is 15.9 Å². The van der Waals surface area contributed by atoms with E-state index in [4.69, 9.17) is 5.73 Å². The molecule has 0 aromatic heterocycles. The van der Waals surface area contributed by atoms with Crippen LogP contribution in [0.5, 0.6) is 0 Å². The summed E-state index contributed by atoms with van der Waals surface area (Å²) in [6, 6.07) is 3.31. The summed E-state index contributed by atoms with van der Waals surface area (Å²) in [5.74, 6) is -0.166. The van der Waals surface area contributed by atoms with Gasteiger partial charge < -0.3 is 5.73 Å². The Balaban J connectivity index is 3.05. The zero-order valence-corrected chi connectivity index (χ0v) is 8.49. The Bertz CT molecular complexity index is 286. The van der Waals surface area contributed by atoms with Crippen LogP contribution in [0.4, 0.5) is 4.39 Å². The first-order chi connectivity index (χ1) is 5.65. The van der Waals surface area contributed by atoms with E-state index in [0.717, 1.165) is 10.0 Å². The molecule has 1 aromatic carbocycles. The van der Waals surface area contributed by atoms with Gasteiger partial charge in [-0.25, -0.2) is 4.39 Å². The first-order valence-electron chi connectivity index (χ1n) is 3.79. The van der Waals surface area contributed by atoms with Crippen molar-refractivity contribution < 1.29 is 4.39 Å². The molecule has 12 heavy (non-hydrogen) atoms. The SMILES string of the molecule is Cc1cc(F)c(CCN)cc1Br. The van der Waals surface area contributed by atoms with Gasteiger partial charge >= 0.3 is 0 Å². The highest BCUT2D eigenvalue weighted by atomic mass is 79.9. The maximum atomic E-state index is 13.1. The van der Waals surface area contributed by atoms with Gasteiger partial charge in [0.15, 0.2) is 0 Å². The van der Waals surface area contributed by atoms with Crippen molar-refractivity contribution >= 4 is 15.9 Å². The number of hydrogen-bond acceptors (Lipinski definition) is 1. The monoisotopic (exact) mass is 231 g/mol. The van der Waals surface area contributed by atoms with Gasteiger partial charge in [-0.3, -0.25) is 0 Å². The van der Waals surface area contributed by atoms with Crippen molar-refractivity contribution in [1.29, 1.82) is 0 Å². The lowest BCUT2D eigenvalue weighted by atomic mass is 10.1. The molecular formula is C9H11BrFN. The molecule has 0 saturated carbocycles. The zero-order valence-electron chi connectivity index (χ0n) is 6.90. The lowest BCUT2D eigenvalue weighted by Crippen LogP contribution is -2.04. The first kappa shape index (κ1) is 9.68. The summed E-state index contributed by atoms with van der Waals surface area (Å²) in [4.78, 5) is 0. The maximum Gasteiger partial charge on any atom is 0.126 e. The minimum absolute atomic E-state index is 0.166. The second-order valence-corrected chi connectivity index (χ2v) is 3.59. The number of nitrogens with two attached hydrogens (primary N) is 1. The molecule has 1 nitrogen and oxygen atoms in total. The van der Waals surface area contributed by atoms with Crippen LogP contribution in [-0.2, 0) is 6.42 Å². The Kier molecular flexibility index (Phi) is 3.23. The molecule has 0 aliphatic rings. The van der Waals surface area contributed by atoms with Gasteiger partial charge in [0, 0.05) is 4.47 Å². The van der Waals surface area contributed by atoms with Crippen molar-refractivity contribution in [1.82, 2.24) is 0 Å². The van der Waals surface area contributed by atoms with E-state index < -0.39 is 0 Å². The van der Waals surface area contributed by atoms with Crippen LogP contribution in [0.3, 0.4) is 0 Å². The Morgan fingerprint density at radius 3 is 2.75 bits per heavy atom. The average Bonchev–Trinajstić information content (AvgIpc) is 2.01. The number of aryl methyl sites for hydroxylation is 1. The molecule has 66 valence electrons. The van der Waals surface area contributed by atoms with E-state index in [2.05, 4.69) is 15.9 Å². The molecule has 0 bridgehead atoms. The lowest BCUT2D eigenvalue weighted by molar-refractivity contribution is 0.608. The van der Waals surface area contributed by atoms with Crippen LogP contribution in [0.25, 0.3) is 0 Å². The standard InChI is InChI=1S/C9H11BrFN/c1-6-4-9(11)7(2-3-12)5-8(6)10/h4-5H,2-3,12H2,1H3. The molecule has 0 aliphatic carbocycles. The molecular weight excluding hydrogens is 221 g/mol. The highest BCUT2D eigenvalue weighted by Gasteiger charge is 2.04. The molecule has 2 N–H and O–H groups in total. The summed E-state index contributed by atoms with van der Waals surface area (Å²) < 4.78 is 14.1. The van der Waals surface area contributed by atoms with Crippen LogP contribution in [0.2, 0.25) is 0 Å². The second-order valence-electron chi connectivity index (χ2n) is 2.73. The number of rotatable bonds is 2. The molecule has 0 atom stereocenters. The quantitative estimate of drug-likeness (QED) is 0.832. The largest absolute Gasteiger partial charge is 0.330 e. The molecule has 1 rings (SSSR count). The lowest BCUT2D eigenvalue weighted by Gasteiger charge is -2.04. The summed E-state index contributed by atoms with van der Waals surface area (Å²) in [7, 11) is 0. The highest BCUT2D eigenvalue weighted by Crippen LogP contribution is 2.20. The third-order valence-corrected chi connectivity index (χ3v) is 2.60. The molecule has 0 amide bonds. The van der Waals surface area contributed by atoms with Gasteiger partial charge in [-0.05, 0) is 43.1 Å². The molecule has 0 heterocycles. The van der Waals surface area contributed by atoms with Crippen molar-refractivity contribution in [2.75, 3.05) is 6.54 Å². The summed E-state index contributed by atoms with van der Waals surface area (Å²) in [6.45, 7) is 2.34. The van der Waals surface area contributed by atoms with Gasteiger partial charge in [-0.15, -0.1) is 0 Å². The smallest absolute Gasteiger partial charge is 0.126 e. The number of hydrogen-bond donors (Lipinski definition) is 1. The molecule has 1 aromatic rings. The van der Waals surface area contributed by atoms with Gasteiger partial charge in [0.1, 0.15) is 5.82 Å². The van der Waals surface area contributed by atoms with Gasteiger partial charge in [0.05, 0.1) is 0 Å². The summed E-state index contributed by atoms with van der Waals surface area (Å²) in [6.07, 6.45) is 0.588. The van der Waals surface area contributed by atoms with E-state index >= 15 is 0 Å². The van der Waals surface area contributed by atoms with E-state index in [0.29, 0.717) is 18.5 Å². The number of benzene rings is 1. The average molecular weight is 232 g/mol. The Morgan fingerprint density at radius 1 is 1.50 bits per heavy atom. The van der Waals surface area contributed by atoms with Crippen molar-refractivity contribution in [3.05, 3.63) is 33.5 Å². The minimum Gasteiger partial charge on any atom is -0.330 e. The third kappa shape index (κ3) is 2.05. The highest BCUT2D eigenvalue weighted by molar-refractivity contribution is 9.10. The first-order valence-corrected chi connectivity index (χ1v) is 4.59. The molecule has 3 heteroatoms. The van der Waals surface area contributed by atoms with Crippen molar-refractivity contribution in [3.8, 4) is 0 Å². The van der Waals surface area contributed by atoms with Crippen LogP contribution in [-0.4, -0.2) is 6.54 Å². The summed E-state index contributed by atoms with van der Waals surface area (Å²) in [5, 5.41) is 0. The summed E-state index contributed by atoms with van der Waals surface area (Å²) >= 11 is 3.34. The molecule has 0 radical (unpaired) electrons. The molecule has 0 spiro atoms. The van der Waals surface area contributed by atoms with E-state index in [9.17, 15) is 4.39 Å². The molecule has 0 aliphatic heterocycles. The maximum absolute atomic E-state index is 13.1. The van der Waals surface area contributed by atoms with Crippen LogP contribution in [0.15, 0.2) is 16.6 Å². The second kappa shape index (κ2) is 4.01. The van der Waals surface area contributed by atoms with E-state index in [-0.39, 0.29) is 5.82 Å². The Labute approximate surface area is 79.9 Å². The predicted octanol–water partition coefficient (Wildman–Crippen LogP) is 2.40. The number of halogens is 2. The zero-order chi connectivity index (χ0) is 9.14. The van der Waals surface area contributed by atoms with Crippen molar-refractivity contribution in [3.63, 3.8) is 0 Å². The topological polar surface area (TPSA) is 26.0 Å². The fourth-order valence-electron chi connectivity index (χ4n) is 1.03. The Hall–Kier alpha value is -0.410. The van der Waals surface area contributed by atoms with Gasteiger partial charge in [0.25, 0.3) is 0 Å². The fraction of sp³-hybridized carbons (Fsp3) is 0.333. The molecule has 0 fully saturated rings. The minimum atomic E-state index is -0.166. The third-order valence-electron chi connectivity index (χ3n) is 1.74. The van der Waals surface area contributed by atoms with E-state index in [1.54, 1.807) is 6.07 Å².